The number of hydrogen-bond donors (Lipinski definition) is 1. The maximum absolute atomic E-state index is 6.07. The molecular weight excluding hydrogens is 232 g/mol. The van der Waals surface area contributed by atoms with Crippen molar-refractivity contribution < 1.29 is 0 Å². The van der Waals surface area contributed by atoms with Gasteiger partial charge >= 0.3 is 0 Å². The van der Waals surface area contributed by atoms with Crippen molar-refractivity contribution >= 4 is 0 Å². The van der Waals surface area contributed by atoms with Crippen LogP contribution < -0.4 is 5.73 Å². The van der Waals surface area contributed by atoms with Crippen LogP contribution in [-0.4, -0.2) is 24.5 Å². The van der Waals surface area contributed by atoms with Crippen LogP contribution >= 0.6 is 0 Å². The highest BCUT2D eigenvalue weighted by Crippen LogP contribution is 2.31. The molecule has 19 heavy (non-hydrogen) atoms. The molecule has 1 aromatic rings. The zero-order valence-corrected chi connectivity index (χ0v) is 12.6. The Kier molecular flexibility index (Phi) is 5.00. The van der Waals surface area contributed by atoms with E-state index >= 15 is 0 Å². The minimum atomic E-state index is 0.361. The van der Waals surface area contributed by atoms with Crippen LogP contribution in [0.25, 0.3) is 0 Å². The molecule has 0 bridgehead atoms. The van der Waals surface area contributed by atoms with Crippen LogP contribution in [0.2, 0.25) is 0 Å². The second-order valence-electron chi connectivity index (χ2n) is 6.19. The second kappa shape index (κ2) is 6.53. The molecule has 2 heteroatoms. The van der Waals surface area contributed by atoms with E-state index in [4.69, 9.17) is 5.73 Å². The molecule has 2 N–H and O–H groups in total. The lowest BCUT2D eigenvalue weighted by atomic mass is 9.85. The van der Waals surface area contributed by atoms with Gasteiger partial charge in [0.05, 0.1) is 0 Å². The van der Waals surface area contributed by atoms with Gasteiger partial charge in [-0.3, -0.25) is 4.90 Å². The summed E-state index contributed by atoms with van der Waals surface area (Å²) in [6.45, 7) is 5.26. The lowest BCUT2D eigenvalue weighted by molar-refractivity contribution is 0.126. The predicted octanol–water partition coefficient (Wildman–Crippen LogP) is 3.51. The van der Waals surface area contributed by atoms with Crippen molar-refractivity contribution in [3.8, 4) is 0 Å². The molecule has 0 radical (unpaired) electrons. The van der Waals surface area contributed by atoms with Gasteiger partial charge in [0.2, 0.25) is 0 Å². The normalized spacial score (nSPS) is 25.5. The summed E-state index contributed by atoms with van der Waals surface area (Å²) in [4.78, 5) is 2.52. The van der Waals surface area contributed by atoms with E-state index in [9.17, 15) is 0 Å². The molecule has 106 valence electrons. The number of benzene rings is 1. The van der Waals surface area contributed by atoms with Crippen LogP contribution in [0.15, 0.2) is 24.3 Å². The smallest absolute Gasteiger partial charge is 0.0472 e. The maximum Gasteiger partial charge on any atom is 0.0472 e. The highest BCUT2D eigenvalue weighted by Gasteiger charge is 2.27. The maximum atomic E-state index is 6.07. The molecule has 1 aliphatic carbocycles. The van der Waals surface area contributed by atoms with Gasteiger partial charge in [0.15, 0.2) is 0 Å². The zero-order valence-electron chi connectivity index (χ0n) is 12.6. The first-order chi connectivity index (χ1) is 9.13. The van der Waals surface area contributed by atoms with Crippen molar-refractivity contribution in [1.29, 1.82) is 0 Å². The standard InChI is InChI=1S/C17H28N2/c1-13-8-10-15(11-9-13)19(3)17(12-18)16-7-5-4-6-14(16)2/h4-7,13,15,17H,8-12,18H2,1-3H3. The molecule has 1 unspecified atom stereocenters. The van der Waals surface area contributed by atoms with Gasteiger partial charge in [-0.05, 0) is 56.7 Å². The minimum absolute atomic E-state index is 0.361. The van der Waals surface area contributed by atoms with Gasteiger partial charge in [-0.1, -0.05) is 31.2 Å². The van der Waals surface area contributed by atoms with Crippen molar-refractivity contribution in [1.82, 2.24) is 4.90 Å². The van der Waals surface area contributed by atoms with Crippen molar-refractivity contribution in [3.05, 3.63) is 35.4 Å². The van der Waals surface area contributed by atoms with E-state index in [1.807, 2.05) is 0 Å². The molecule has 0 aromatic heterocycles. The van der Waals surface area contributed by atoms with Crippen molar-refractivity contribution in [2.45, 2.75) is 51.6 Å². The summed E-state index contributed by atoms with van der Waals surface area (Å²) in [6, 6.07) is 9.71. The molecular formula is C17H28N2. The summed E-state index contributed by atoms with van der Waals surface area (Å²) < 4.78 is 0. The van der Waals surface area contributed by atoms with E-state index in [2.05, 4.69) is 50.1 Å². The Hall–Kier alpha value is -0.860. The molecule has 0 saturated heterocycles. The summed E-state index contributed by atoms with van der Waals surface area (Å²) in [5.74, 6) is 0.902. The van der Waals surface area contributed by atoms with Crippen LogP contribution in [0.1, 0.15) is 49.8 Å². The fraction of sp³-hybridized carbons (Fsp3) is 0.647. The monoisotopic (exact) mass is 260 g/mol. The van der Waals surface area contributed by atoms with E-state index in [1.165, 1.54) is 36.8 Å². The van der Waals surface area contributed by atoms with E-state index in [0.717, 1.165) is 5.92 Å². The Morgan fingerprint density at radius 2 is 1.84 bits per heavy atom. The molecule has 0 heterocycles. The van der Waals surface area contributed by atoms with Gasteiger partial charge in [0.25, 0.3) is 0 Å². The molecule has 1 aromatic carbocycles. The minimum Gasteiger partial charge on any atom is -0.329 e. The predicted molar refractivity (Wildman–Crippen MR) is 82.2 cm³/mol. The highest BCUT2D eigenvalue weighted by molar-refractivity contribution is 5.29. The van der Waals surface area contributed by atoms with Crippen LogP contribution in [0, 0.1) is 12.8 Å². The first-order valence-electron chi connectivity index (χ1n) is 7.61. The lowest BCUT2D eigenvalue weighted by Gasteiger charge is -2.38. The number of nitrogens with two attached hydrogens (primary N) is 1. The Balaban J connectivity index is 2.11. The largest absolute Gasteiger partial charge is 0.329 e. The second-order valence-corrected chi connectivity index (χ2v) is 6.19. The molecule has 0 amide bonds. The van der Waals surface area contributed by atoms with Gasteiger partial charge in [-0.2, -0.15) is 0 Å². The number of likely N-dealkylation sites (N-methyl/N-ethyl adjacent to an activating group) is 1. The van der Waals surface area contributed by atoms with Gasteiger partial charge < -0.3 is 5.73 Å². The summed E-state index contributed by atoms with van der Waals surface area (Å²) in [5, 5.41) is 0. The Morgan fingerprint density at radius 1 is 1.21 bits per heavy atom. The van der Waals surface area contributed by atoms with Gasteiger partial charge in [0.1, 0.15) is 0 Å². The first-order valence-corrected chi connectivity index (χ1v) is 7.61. The number of aryl methyl sites for hydroxylation is 1. The Morgan fingerprint density at radius 3 is 2.42 bits per heavy atom. The third-order valence-corrected chi connectivity index (χ3v) is 4.82. The Bertz CT molecular complexity index is 394. The summed E-state index contributed by atoms with van der Waals surface area (Å²) in [7, 11) is 2.25. The van der Waals surface area contributed by atoms with Crippen LogP contribution in [0.4, 0.5) is 0 Å². The molecule has 0 spiro atoms. The highest BCUT2D eigenvalue weighted by atomic mass is 15.2. The molecule has 1 fully saturated rings. The van der Waals surface area contributed by atoms with Gasteiger partial charge in [-0.15, -0.1) is 0 Å². The van der Waals surface area contributed by atoms with Crippen LogP contribution in [0.3, 0.4) is 0 Å². The van der Waals surface area contributed by atoms with E-state index in [1.54, 1.807) is 0 Å². The van der Waals surface area contributed by atoms with E-state index in [0.29, 0.717) is 18.6 Å². The topological polar surface area (TPSA) is 29.3 Å². The molecule has 2 nitrogen and oxygen atoms in total. The zero-order chi connectivity index (χ0) is 13.8. The third-order valence-electron chi connectivity index (χ3n) is 4.82. The number of rotatable bonds is 4. The van der Waals surface area contributed by atoms with Crippen molar-refractivity contribution in [2.75, 3.05) is 13.6 Å². The number of hydrogen-bond acceptors (Lipinski definition) is 2. The van der Waals surface area contributed by atoms with Crippen LogP contribution in [0.5, 0.6) is 0 Å². The quantitative estimate of drug-likeness (QED) is 0.897. The fourth-order valence-corrected chi connectivity index (χ4v) is 3.38. The average molecular weight is 260 g/mol. The fourth-order valence-electron chi connectivity index (χ4n) is 3.38. The van der Waals surface area contributed by atoms with Crippen LogP contribution in [-0.2, 0) is 0 Å². The lowest BCUT2D eigenvalue weighted by Crippen LogP contribution is -2.40. The molecule has 2 rings (SSSR count). The first kappa shape index (κ1) is 14.5. The van der Waals surface area contributed by atoms with E-state index in [-0.39, 0.29) is 0 Å². The summed E-state index contributed by atoms with van der Waals surface area (Å²) >= 11 is 0. The third kappa shape index (κ3) is 3.37. The molecule has 0 aliphatic heterocycles. The molecule has 1 atom stereocenters. The van der Waals surface area contributed by atoms with Crippen molar-refractivity contribution in [3.63, 3.8) is 0 Å². The summed E-state index contributed by atoms with van der Waals surface area (Å²) in [6.07, 6.45) is 5.36. The average Bonchev–Trinajstić information content (AvgIpc) is 2.42. The SMILES string of the molecule is Cc1ccccc1C(CN)N(C)C1CCC(C)CC1. The molecule has 1 saturated carbocycles. The van der Waals surface area contributed by atoms with Gasteiger partial charge in [-0.25, -0.2) is 0 Å². The summed E-state index contributed by atoms with van der Waals surface area (Å²) in [5.41, 5.74) is 8.82. The Labute approximate surface area is 118 Å². The number of nitrogens with zero attached hydrogens (tertiary/aromatic N) is 1. The van der Waals surface area contributed by atoms with E-state index < -0.39 is 0 Å². The van der Waals surface area contributed by atoms with Crippen molar-refractivity contribution in [2.24, 2.45) is 11.7 Å². The van der Waals surface area contributed by atoms with Gasteiger partial charge in [0, 0.05) is 18.6 Å². The molecule has 1 aliphatic rings.